The lowest BCUT2D eigenvalue weighted by Crippen LogP contribution is -2.48. The van der Waals surface area contributed by atoms with Crippen LogP contribution in [0.3, 0.4) is 0 Å². The number of hydrogen-bond acceptors (Lipinski definition) is 6. The first-order valence-corrected chi connectivity index (χ1v) is 11.2. The van der Waals surface area contributed by atoms with E-state index in [1.165, 1.54) is 13.8 Å². The highest BCUT2D eigenvalue weighted by atomic mass is 35.5. The summed E-state index contributed by atoms with van der Waals surface area (Å²) in [4.78, 5) is 38.1. The zero-order valence-electron chi connectivity index (χ0n) is 17.7. The maximum Gasteiger partial charge on any atom is 0.271 e. The number of nitrogens with one attached hydrogen (secondary N) is 1. The van der Waals surface area contributed by atoms with Gasteiger partial charge in [0.15, 0.2) is 5.17 Å². The van der Waals surface area contributed by atoms with Gasteiger partial charge in [0.2, 0.25) is 16.7 Å². The predicted octanol–water partition coefficient (Wildman–Crippen LogP) is 3.44. The molecule has 0 aliphatic carbocycles. The molecule has 2 aromatic rings. The van der Waals surface area contributed by atoms with Crippen LogP contribution in [0.15, 0.2) is 47.6 Å². The number of fused-ring (bicyclic) bond motifs is 2. The summed E-state index contributed by atoms with van der Waals surface area (Å²) in [5.74, 6) is -0.403. The second kappa shape index (κ2) is 8.48. The van der Waals surface area contributed by atoms with Crippen LogP contribution >= 0.6 is 23.4 Å². The number of hydrazone groups is 1. The van der Waals surface area contributed by atoms with Gasteiger partial charge < -0.3 is 15.0 Å². The van der Waals surface area contributed by atoms with Crippen molar-refractivity contribution in [1.82, 2.24) is 10.3 Å². The Labute approximate surface area is 194 Å². The molecule has 32 heavy (non-hydrogen) atoms. The number of carbonyl (C=O) groups is 3. The van der Waals surface area contributed by atoms with Crippen molar-refractivity contribution in [3.63, 3.8) is 0 Å². The molecule has 3 amide bonds. The summed E-state index contributed by atoms with van der Waals surface area (Å²) < 4.78 is 5.49. The minimum absolute atomic E-state index is 0.176. The lowest BCUT2D eigenvalue weighted by Gasteiger charge is -2.29. The highest BCUT2D eigenvalue weighted by Gasteiger charge is 2.61. The second-order valence-electron chi connectivity index (χ2n) is 7.27. The zero-order valence-corrected chi connectivity index (χ0v) is 19.3. The molecular formula is C22H21ClN4O4S. The first-order valence-electron chi connectivity index (χ1n) is 9.96. The van der Waals surface area contributed by atoms with E-state index in [2.05, 4.69) is 10.4 Å². The van der Waals surface area contributed by atoms with Crippen LogP contribution in [0.25, 0.3) is 0 Å². The Balaban J connectivity index is 1.77. The Morgan fingerprint density at radius 3 is 2.53 bits per heavy atom. The molecule has 0 fully saturated rings. The van der Waals surface area contributed by atoms with Crippen molar-refractivity contribution in [1.29, 1.82) is 0 Å². The highest BCUT2D eigenvalue weighted by molar-refractivity contribution is 8.15. The number of para-hydroxylation sites is 1. The monoisotopic (exact) mass is 472 g/mol. The molecule has 0 saturated heterocycles. The fourth-order valence-electron chi connectivity index (χ4n) is 3.82. The lowest BCUT2D eigenvalue weighted by atomic mass is 10.1. The standard InChI is InChI=1S/C22H21ClN4O4S/c1-4-31-16-10-8-15(9-11-16)12-26-19-17(6-5-7-18(19)23)22(20(26)30)27(14(3)29)25-21(32-22)24-13(2)28/h5-11H,4,12H2,1-3H3,(H,24,25,28)/t22-/m1/s1. The van der Waals surface area contributed by atoms with Gasteiger partial charge in [-0.2, -0.15) is 5.01 Å². The van der Waals surface area contributed by atoms with E-state index >= 15 is 0 Å². The Morgan fingerprint density at radius 1 is 1.19 bits per heavy atom. The quantitative estimate of drug-likeness (QED) is 0.736. The van der Waals surface area contributed by atoms with Crippen LogP contribution in [0, 0.1) is 0 Å². The van der Waals surface area contributed by atoms with Crippen molar-refractivity contribution in [2.45, 2.75) is 32.2 Å². The van der Waals surface area contributed by atoms with Gasteiger partial charge in [-0.3, -0.25) is 14.4 Å². The first-order chi connectivity index (χ1) is 15.3. The van der Waals surface area contributed by atoms with Crippen LogP contribution in [-0.2, 0) is 25.8 Å². The van der Waals surface area contributed by atoms with Gasteiger partial charge in [0.1, 0.15) is 5.75 Å². The van der Waals surface area contributed by atoms with E-state index in [1.54, 1.807) is 23.1 Å². The van der Waals surface area contributed by atoms with E-state index in [0.717, 1.165) is 28.1 Å². The number of amides is 3. The van der Waals surface area contributed by atoms with Gasteiger partial charge in [0.05, 0.1) is 23.9 Å². The maximum atomic E-state index is 13.9. The molecule has 166 valence electrons. The topological polar surface area (TPSA) is 91.3 Å². The van der Waals surface area contributed by atoms with E-state index in [1.807, 2.05) is 31.2 Å². The van der Waals surface area contributed by atoms with Crippen LogP contribution in [0.2, 0.25) is 5.02 Å². The smallest absolute Gasteiger partial charge is 0.271 e. The summed E-state index contributed by atoms with van der Waals surface area (Å²) in [6.45, 7) is 5.38. The third-order valence-electron chi connectivity index (χ3n) is 5.05. The Hall–Kier alpha value is -3.04. The van der Waals surface area contributed by atoms with Crippen LogP contribution < -0.4 is 15.0 Å². The van der Waals surface area contributed by atoms with E-state index in [9.17, 15) is 14.4 Å². The fraction of sp³-hybridized carbons (Fsp3) is 0.273. The lowest BCUT2D eigenvalue weighted by molar-refractivity contribution is -0.139. The Morgan fingerprint density at radius 2 is 1.91 bits per heavy atom. The first kappa shape index (κ1) is 22.2. The number of nitrogens with zero attached hydrogens (tertiary/aromatic N) is 3. The molecule has 2 aliphatic rings. The van der Waals surface area contributed by atoms with Gasteiger partial charge in [-0.25, -0.2) is 0 Å². The predicted molar refractivity (Wildman–Crippen MR) is 123 cm³/mol. The zero-order chi connectivity index (χ0) is 23.0. The van der Waals surface area contributed by atoms with Crippen molar-refractivity contribution in [2.75, 3.05) is 11.5 Å². The average molecular weight is 473 g/mol. The van der Waals surface area contributed by atoms with E-state index in [0.29, 0.717) is 22.9 Å². The SMILES string of the molecule is CCOc1ccc(CN2C(=O)[C@]3(SC(NC(C)=O)=NN3C(C)=O)c3cccc(Cl)c32)cc1. The Kier molecular flexibility index (Phi) is 5.87. The van der Waals surface area contributed by atoms with Crippen molar-refractivity contribution in [3.8, 4) is 5.75 Å². The van der Waals surface area contributed by atoms with Crippen molar-refractivity contribution >= 4 is 51.9 Å². The molecular weight excluding hydrogens is 452 g/mol. The molecule has 2 heterocycles. The summed E-state index contributed by atoms with van der Waals surface area (Å²) in [5, 5.41) is 8.51. The number of carbonyl (C=O) groups excluding carboxylic acids is 3. The summed E-state index contributed by atoms with van der Waals surface area (Å²) in [5.41, 5.74) is 1.93. The molecule has 0 saturated carbocycles. The summed E-state index contributed by atoms with van der Waals surface area (Å²) in [6, 6.07) is 12.6. The van der Waals surface area contributed by atoms with Crippen LogP contribution in [0.4, 0.5) is 5.69 Å². The summed E-state index contributed by atoms with van der Waals surface area (Å²) in [7, 11) is 0. The number of amidine groups is 1. The number of hydrogen-bond donors (Lipinski definition) is 1. The second-order valence-corrected chi connectivity index (χ2v) is 8.86. The number of anilines is 1. The van der Waals surface area contributed by atoms with E-state index in [4.69, 9.17) is 16.3 Å². The van der Waals surface area contributed by atoms with E-state index in [-0.39, 0.29) is 23.5 Å². The molecule has 1 spiro atoms. The molecule has 1 N–H and O–H groups in total. The van der Waals surface area contributed by atoms with Gasteiger partial charge in [0, 0.05) is 19.4 Å². The number of thioether (sulfide) groups is 1. The molecule has 1 atom stereocenters. The highest BCUT2D eigenvalue weighted by Crippen LogP contribution is 2.56. The van der Waals surface area contributed by atoms with Gasteiger partial charge >= 0.3 is 0 Å². The average Bonchev–Trinajstić information content (AvgIpc) is 3.22. The largest absolute Gasteiger partial charge is 0.494 e. The molecule has 0 radical (unpaired) electrons. The molecule has 2 aliphatic heterocycles. The van der Waals surface area contributed by atoms with Gasteiger partial charge in [-0.05, 0) is 42.4 Å². The maximum absolute atomic E-state index is 13.9. The van der Waals surface area contributed by atoms with Crippen molar-refractivity contribution in [3.05, 3.63) is 58.6 Å². The van der Waals surface area contributed by atoms with Crippen LogP contribution in [-0.4, -0.2) is 34.5 Å². The normalized spacial score (nSPS) is 19.2. The third kappa shape index (κ3) is 3.61. The molecule has 10 heteroatoms. The summed E-state index contributed by atoms with van der Waals surface area (Å²) >= 11 is 7.56. The van der Waals surface area contributed by atoms with E-state index < -0.39 is 10.8 Å². The Bertz CT molecular complexity index is 1140. The minimum atomic E-state index is -1.48. The van der Waals surface area contributed by atoms with Crippen LogP contribution in [0.5, 0.6) is 5.75 Å². The van der Waals surface area contributed by atoms with Gasteiger partial charge in [0.25, 0.3) is 5.91 Å². The number of ether oxygens (including phenoxy) is 1. The number of halogens is 1. The molecule has 0 unspecified atom stereocenters. The summed E-state index contributed by atoms with van der Waals surface area (Å²) in [6.07, 6.45) is 0. The molecule has 4 rings (SSSR count). The molecule has 0 aromatic heterocycles. The van der Waals surface area contributed by atoms with Crippen molar-refractivity contribution in [2.24, 2.45) is 5.10 Å². The van der Waals surface area contributed by atoms with Gasteiger partial charge in [-0.15, -0.1) is 5.10 Å². The third-order valence-corrected chi connectivity index (χ3v) is 6.59. The fourth-order valence-corrected chi connectivity index (χ4v) is 5.42. The van der Waals surface area contributed by atoms with Crippen LogP contribution in [0.1, 0.15) is 31.9 Å². The molecule has 0 bridgehead atoms. The minimum Gasteiger partial charge on any atom is -0.494 e. The van der Waals surface area contributed by atoms with Crippen molar-refractivity contribution < 1.29 is 19.1 Å². The molecule has 8 nitrogen and oxygen atoms in total. The van der Waals surface area contributed by atoms with Gasteiger partial charge in [-0.1, -0.05) is 35.9 Å². The molecule has 2 aromatic carbocycles. The number of rotatable bonds is 4. The number of benzene rings is 2.